The zero-order chi connectivity index (χ0) is 21.8. The van der Waals surface area contributed by atoms with E-state index in [4.69, 9.17) is 16.0 Å². The Bertz CT molecular complexity index is 1310. The first kappa shape index (κ1) is 20.9. The first-order chi connectivity index (χ1) is 14.9. The van der Waals surface area contributed by atoms with E-state index in [9.17, 15) is 13.2 Å². The summed E-state index contributed by atoms with van der Waals surface area (Å²) in [5.41, 5.74) is 0.856. The number of carbonyl (C=O) groups excluding carboxylic acids is 1. The second-order valence-electron chi connectivity index (χ2n) is 6.76. The van der Waals surface area contributed by atoms with Gasteiger partial charge in [0.25, 0.3) is 5.91 Å². The third-order valence-electron chi connectivity index (χ3n) is 4.56. The van der Waals surface area contributed by atoms with E-state index in [1.165, 1.54) is 24.3 Å². The molecule has 31 heavy (non-hydrogen) atoms. The van der Waals surface area contributed by atoms with Crippen molar-refractivity contribution in [2.24, 2.45) is 0 Å². The van der Waals surface area contributed by atoms with E-state index >= 15 is 0 Å². The summed E-state index contributed by atoms with van der Waals surface area (Å²) in [4.78, 5) is 12.8. The Balaban J connectivity index is 1.46. The van der Waals surface area contributed by atoms with Crippen LogP contribution in [0.1, 0.15) is 21.9 Å². The molecule has 1 N–H and O–H groups in total. The summed E-state index contributed by atoms with van der Waals surface area (Å²) >= 11 is 6.20. The van der Waals surface area contributed by atoms with Gasteiger partial charge in [0.1, 0.15) is 17.3 Å². The summed E-state index contributed by atoms with van der Waals surface area (Å²) < 4.78 is 32.1. The first-order valence-electron chi connectivity index (χ1n) is 9.35. The molecule has 0 spiro atoms. The molecule has 2 aromatic heterocycles. The number of sulfone groups is 1. The van der Waals surface area contributed by atoms with E-state index in [1.54, 1.807) is 41.2 Å². The number of aromatic nitrogens is 2. The minimum absolute atomic E-state index is 0.00348. The molecule has 2 aromatic carbocycles. The van der Waals surface area contributed by atoms with Crippen molar-refractivity contribution in [1.29, 1.82) is 0 Å². The number of carbonyl (C=O) groups is 1. The van der Waals surface area contributed by atoms with Gasteiger partial charge in [0.05, 0.1) is 17.6 Å². The standard InChI is InChI=1S/C22H18ClN3O4S/c23-19-9-5-4-6-16(19)14-26-21(12-13-24-26)25-22(27)20-11-10-17(30-20)15-31(28,29)18-7-2-1-3-8-18/h1-13H,14-15H2,(H,25,27). The Morgan fingerprint density at radius 2 is 1.74 bits per heavy atom. The number of halogens is 1. The van der Waals surface area contributed by atoms with Crippen LogP contribution in [0, 0.1) is 0 Å². The van der Waals surface area contributed by atoms with Crippen molar-refractivity contribution in [3.05, 3.63) is 101 Å². The van der Waals surface area contributed by atoms with Crippen LogP contribution in [0.2, 0.25) is 5.02 Å². The highest BCUT2D eigenvalue weighted by molar-refractivity contribution is 7.90. The highest BCUT2D eigenvalue weighted by Gasteiger charge is 2.20. The van der Waals surface area contributed by atoms with E-state index in [-0.39, 0.29) is 22.2 Å². The Labute approximate surface area is 184 Å². The third kappa shape index (κ3) is 4.87. The smallest absolute Gasteiger partial charge is 0.292 e. The van der Waals surface area contributed by atoms with E-state index < -0.39 is 15.7 Å². The van der Waals surface area contributed by atoms with Gasteiger partial charge in [-0.2, -0.15) is 5.10 Å². The molecule has 0 saturated heterocycles. The van der Waals surface area contributed by atoms with E-state index in [2.05, 4.69) is 10.4 Å². The molecule has 1 amide bonds. The Morgan fingerprint density at radius 3 is 2.52 bits per heavy atom. The molecule has 0 saturated carbocycles. The summed E-state index contributed by atoms with van der Waals surface area (Å²) in [7, 11) is -3.57. The quantitative estimate of drug-likeness (QED) is 0.445. The number of hydrogen-bond donors (Lipinski definition) is 1. The largest absolute Gasteiger partial charge is 0.455 e. The summed E-state index contributed by atoms with van der Waals surface area (Å²) in [5, 5.41) is 7.55. The number of hydrogen-bond acceptors (Lipinski definition) is 5. The number of amides is 1. The zero-order valence-electron chi connectivity index (χ0n) is 16.2. The van der Waals surface area contributed by atoms with Crippen molar-refractivity contribution in [2.75, 3.05) is 5.32 Å². The highest BCUT2D eigenvalue weighted by atomic mass is 35.5. The molecule has 7 nitrogen and oxygen atoms in total. The maximum Gasteiger partial charge on any atom is 0.292 e. The number of anilines is 1. The number of benzene rings is 2. The van der Waals surface area contributed by atoms with Gasteiger partial charge in [-0.05, 0) is 35.9 Å². The average molecular weight is 456 g/mol. The SMILES string of the molecule is O=C(Nc1ccnn1Cc1ccccc1Cl)c1ccc(CS(=O)(=O)c2ccccc2)o1. The van der Waals surface area contributed by atoms with E-state index in [0.29, 0.717) is 17.4 Å². The molecule has 0 aliphatic heterocycles. The molecule has 0 atom stereocenters. The third-order valence-corrected chi connectivity index (χ3v) is 6.58. The lowest BCUT2D eigenvalue weighted by Crippen LogP contribution is -2.15. The van der Waals surface area contributed by atoms with Crippen molar-refractivity contribution >= 4 is 33.2 Å². The van der Waals surface area contributed by atoms with Crippen LogP contribution in [-0.2, 0) is 22.1 Å². The number of furan rings is 1. The predicted molar refractivity (Wildman–Crippen MR) is 117 cm³/mol. The second kappa shape index (κ2) is 8.79. The van der Waals surface area contributed by atoms with Crippen LogP contribution in [0.25, 0.3) is 0 Å². The molecule has 4 rings (SSSR count). The van der Waals surface area contributed by atoms with Crippen LogP contribution >= 0.6 is 11.6 Å². The van der Waals surface area contributed by atoms with Gasteiger partial charge in [-0.25, -0.2) is 13.1 Å². The van der Waals surface area contributed by atoms with E-state index in [0.717, 1.165) is 5.56 Å². The number of nitrogens with zero attached hydrogens (tertiary/aromatic N) is 2. The molecule has 0 aliphatic rings. The first-order valence-corrected chi connectivity index (χ1v) is 11.4. The van der Waals surface area contributed by atoms with Gasteiger partial charge in [0, 0.05) is 11.1 Å². The highest BCUT2D eigenvalue weighted by Crippen LogP contribution is 2.20. The lowest BCUT2D eigenvalue weighted by atomic mass is 10.2. The van der Waals surface area contributed by atoms with Crippen LogP contribution in [0.15, 0.2) is 88.3 Å². The fourth-order valence-corrected chi connectivity index (χ4v) is 4.47. The maximum atomic E-state index is 12.6. The summed E-state index contributed by atoms with van der Waals surface area (Å²) in [6.45, 7) is 0.376. The van der Waals surface area contributed by atoms with Crippen LogP contribution in [-0.4, -0.2) is 24.1 Å². The minimum Gasteiger partial charge on any atom is -0.455 e. The Kier molecular flexibility index (Phi) is 5.92. The normalized spacial score (nSPS) is 11.4. The minimum atomic E-state index is -3.57. The van der Waals surface area contributed by atoms with Crippen LogP contribution in [0.5, 0.6) is 0 Å². The maximum absolute atomic E-state index is 12.6. The topological polar surface area (TPSA) is 94.2 Å². The molecule has 0 fully saturated rings. The van der Waals surface area contributed by atoms with Crippen molar-refractivity contribution in [3.63, 3.8) is 0 Å². The van der Waals surface area contributed by atoms with Gasteiger partial charge in [-0.15, -0.1) is 0 Å². The van der Waals surface area contributed by atoms with Crippen LogP contribution < -0.4 is 5.32 Å². The monoisotopic (exact) mass is 455 g/mol. The molecular formula is C22H18ClN3O4S. The molecule has 9 heteroatoms. The predicted octanol–water partition coefficient (Wildman–Crippen LogP) is 4.40. The summed E-state index contributed by atoms with van der Waals surface area (Å²) in [6.07, 6.45) is 1.56. The summed E-state index contributed by atoms with van der Waals surface area (Å²) in [6, 6.07) is 20.0. The second-order valence-corrected chi connectivity index (χ2v) is 9.15. The molecule has 0 bridgehead atoms. The molecule has 0 unspecified atom stereocenters. The van der Waals surface area contributed by atoms with Crippen molar-refractivity contribution in [2.45, 2.75) is 17.2 Å². The van der Waals surface area contributed by atoms with Crippen molar-refractivity contribution in [1.82, 2.24) is 9.78 Å². The van der Waals surface area contributed by atoms with Crippen LogP contribution in [0.3, 0.4) is 0 Å². The molecule has 158 valence electrons. The van der Waals surface area contributed by atoms with Crippen LogP contribution in [0.4, 0.5) is 5.82 Å². The van der Waals surface area contributed by atoms with Gasteiger partial charge >= 0.3 is 0 Å². The van der Waals surface area contributed by atoms with Crippen molar-refractivity contribution in [3.8, 4) is 0 Å². The Hall–Kier alpha value is -3.36. The van der Waals surface area contributed by atoms with E-state index in [1.807, 2.05) is 18.2 Å². The average Bonchev–Trinajstić information content (AvgIpc) is 3.40. The van der Waals surface area contributed by atoms with Gasteiger partial charge in [-0.1, -0.05) is 48.0 Å². The lowest BCUT2D eigenvalue weighted by molar-refractivity contribution is 0.0994. The van der Waals surface area contributed by atoms with Gasteiger partial charge < -0.3 is 9.73 Å². The van der Waals surface area contributed by atoms with Gasteiger partial charge in [0.15, 0.2) is 15.6 Å². The molecule has 4 aromatic rings. The van der Waals surface area contributed by atoms with Gasteiger partial charge in [0.2, 0.25) is 0 Å². The summed E-state index contributed by atoms with van der Waals surface area (Å²) in [5.74, 6) is -0.208. The zero-order valence-corrected chi connectivity index (χ0v) is 17.8. The van der Waals surface area contributed by atoms with Crippen molar-refractivity contribution < 1.29 is 17.6 Å². The lowest BCUT2D eigenvalue weighted by Gasteiger charge is -2.09. The molecule has 0 aliphatic carbocycles. The number of nitrogens with one attached hydrogen (secondary N) is 1. The fourth-order valence-electron chi connectivity index (χ4n) is 3.01. The Morgan fingerprint density at radius 1 is 1.00 bits per heavy atom. The van der Waals surface area contributed by atoms with Gasteiger partial charge in [-0.3, -0.25) is 4.79 Å². The number of rotatable bonds is 7. The molecule has 2 heterocycles. The molecular weight excluding hydrogens is 438 g/mol. The fraction of sp³-hybridized carbons (Fsp3) is 0.0909. The molecule has 0 radical (unpaired) electrons.